The molecule has 0 radical (unpaired) electrons. The SMILES string of the molecule is CCn1c(=O)c(N2CCC[C@H](C(=O)NCc3ccc(C)cc3)C2)nc2cccnc21. The van der Waals surface area contributed by atoms with Crippen molar-refractivity contribution in [2.24, 2.45) is 5.92 Å². The number of hydrogen-bond donors (Lipinski definition) is 1. The predicted molar refractivity (Wildman–Crippen MR) is 117 cm³/mol. The molecule has 7 nitrogen and oxygen atoms in total. The first-order valence-corrected chi connectivity index (χ1v) is 10.5. The van der Waals surface area contributed by atoms with Crippen LogP contribution in [-0.2, 0) is 17.9 Å². The van der Waals surface area contributed by atoms with Crippen molar-refractivity contribution in [1.29, 1.82) is 0 Å². The summed E-state index contributed by atoms with van der Waals surface area (Å²) >= 11 is 0. The Kier molecular flexibility index (Phi) is 5.79. The Labute approximate surface area is 175 Å². The maximum Gasteiger partial charge on any atom is 0.295 e. The van der Waals surface area contributed by atoms with Gasteiger partial charge in [-0.05, 0) is 44.4 Å². The third-order valence-corrected chi connectivity index (χ3v) is 5.68. The summed E-state index contributed by atoms with van der Waals surface area (Å²) in [5.41, 5.74) is 3.42. The monoisotopic (exact) mass is 405 g/mol. The topological polar surface area (TPSA) is 80.1 Å². The minimum Gasteiger partial charge on any atom is -0.352 e. The van der Waals surface area contributed by atoms with E-state index in [0.29, 0.717) is 36.6 Å². The normalized spacial score (nSPS) is 16.6. The molecule has 156 valence electrons. The number of pyridine rings is 1. The zero-order valence-corrected chi connectivity index (χ0v) is 17.5. The van der Waals surface area contributed by atoms with Crippen LogP contribution in [0.3, 0.4) is 0 Å². The van der Waals surface area contributed by atoms with Crippen LogP contribution >= 0.6 is 0 Å². The number of fused-ring (bicyclic) bond motifs is 1. The van der Waals surface area contributed by atoms with Gasteiger partial charge in [-0.3, -0.25) is 14.2 Å². The van der Waals surface area contributed by atoms with Crippen LogP contribution in [0.2, 0.25) is 0 Å². The van der Waals surface area contributed by atoms with Crippen LogP contribution in [0.1, 0.15) is 30.9 Å². The minimum atomic E-state index is -0.162. The number of hydrogen-bond acceptors (Lipinski definition) is 5. The van der Waals surface area contributed by atoms with Gasteiger partial charge < -0.3 is 10.2 Å². The maximum absolute atomic E-state index is 13.0. The summed E-state index contributed by atoms with van der Waals surface area (Å²) in [6.45, 7) is 6.23. The molecule has 0 spiro atoms. The first-order valence-electron chi connectivity index (χ1n) is 10.5. The van der Waals surface area contributed by atoms with Crippen molar-refractivity contribution in [1.82, 2.24) is 19.9 Å². The van der Waals surface area contributed by atoms with Crippen LogP contribution in [0.5, 0.6) is 0 Å². The second-order valence-corrected chi connectivity index (χ2v) is 7.82. The summed E-state index contributed by atoms with van der Waals surface area (Å²) in [5.74, 6) is 0.275. The largest absolute Gasteiger partial charge is 0.352 e. The molecule has 7 heteroatoms. The second-order valence-electron chi connectivity index (χ2n) is 7.82. The van der Waals surface area contributed by atoms with Crippen molar-refractivity contribution >= 4 is 22.9 Å². The van der Waals surface area contributed by atoms with Gasteiger partial charge in [-0.1, -0.05) is 29.8 Å². The predicted octanol–water partition coefficient (Wildman–Crippen LogP) is 2.65. The number of piperidine rings is 1. The average molecular weight is 406 g/mol. The molecule has 1 saturated heterocycles. The highest BCUT2D eigenvalue weighted by Crippen LogP contribution is 2.21. The maximum atomic E-state index is 13.0. The van der Waals surface area contributed by atoms with E-state index in [1.165, 1.54) is 5.56 Å². The molecule has 1 aromatic carbocycles. The molecular formula is C23H27N5O2. The Balaban J connectivity index is 1.51. The van der Waals surface area contributed by atoms with E-state index in [-0.39, 0.29) is 17.4 Å². The molecule has 0 bridgehead atoms. The standard InChI is InChI=1S/C23H27N5O2/c1-3-28-20-19(7-4-12-24-20)26-21(23(28)30)27-13-5-6-18(15-27)22(29)25-14-17-10-8-16(2)9-11-17/h4,7-12,18H,3,5-6,13-15H2,1-2H3,(H,25,29)/t18-/m0/s1. The number of benzene rings is 1. The lowest BCUT2D eigenvalue weighted by atomic mass is 9.97. The average Bonchev–Trinajstić information content (AvgIpc) is 2.78. The number of amides is 1. The summed E-state index contributed by atoms with van der Waals surface area (Å²) in [6.07, 6.45) is 3.33. The molecule has 30 heavy (non-hydrogen) atoms. The fraction of sp³-hybridized carbons (Fsp3) is 0.391. The lowest BCUT2D eigenvalue weighted by molar-refractivity contribution is -0.125. The quantitative estimate of drug-likeness (QED) is 0.706. The van der Waals surface area contributed by atoms with Crippen LogP contribution in [0.25, 0.3) is 11.2 Å². The van der Waals surface area contributed by atoms with Crippen LogP contribution < -0.4 is 15.8 Å². The Bertz CT molecular complexity index is 1110. The number of anilines is 1. The molecule has 1 amide bonds. The number of aryl methyl sites for hydroxylation is 2. The molecule has 1 fully saturated rings. The van der Waals surface area contributed by atoms with Gasteiger partial charge in [0, 0.05) is 32.4 Å². The van der Waals surface area contributed by atoms with Gasteiger partial charge in [0.05, 0.1) is 5.92 Å². The van der Waals surface area contributed by atoms with Crippen molar-refractivity contribution in [3.05, 3.63) is 64.1 Å². The van der Waals surface area contributed by atoms with Crippen molar-refractivity contribution < 1.29 is 4.79 Å². The van der Waals surface area contributed by atoms with Crippen LogP contribution in [0.4, 0.5) is 5.82 Å². The van der Waals surface area contributed by atoms with Gasteiger partial charge in [0.1, 0.15) is 5.52 Å². The summed E-state index contributed by atoms with van der Waals surface area (Å²) in [4.78, 5) is 36.7. The number of carbonyl (C=O) groups excluding carboxylic acids is 1. The molecule has 4 rings (SSSR count). The molecule has 1 aliphatic rings. The highest BCUT2D eigenvalue weighted by atomic mass is 16.2. The molecule has 0 aliphatic carbocycles. The molecule has 1 atom stereocenters. The van der Waals surface area contributed by atoms with Crippen molar-refractivity contribution in [3.8, 4) is 0 Å². The molecule has 0 unspecified atom stereocenters. The number of nitrogens with one attached hydrogen (secondary N) is 1. The Hall–Kier alpha value is -3.22. The van der Waals surface area contributed by atoms with Gasteiger partial charge >= 0.3 is 0 Å². The molecule has 1 aliphatic heterocycles. The molecule has 3 aromatic rings. The third kappa shape index (κ3) is 4.06. The zero-order valence-electron chi connectivity index (χ0n) is 17.5. The summed E-state index contributed by atoms with van der Waals surface area (Å²) in [7, 11) is 0. The zero-order chi connectivity index (χ0) is 21.1. The second kappa shape index (κ2) is 8.65. The molecule has 1 N–H and O–H groups in total. The highest BCUT2D eigenvalue weighted by molar-refractivity contribution is 5.79. The fourth-order valence-corrected chi connectivity index (χ4v) is 3.98. The van der Waals surface area contributed by atoms with Gasteiger partial charge in [-0.25, -0.2) is 9.97 Å². The Morgan fingerprint density at radius 3 is 2.80 bits per heavy atom. The lowest BCUT2D eigenvalue weighted by Crippen LogP contribution is -2.45. The fourth-order valence-electron chi connectivity index (χ4n) is 3.98. The van der Waals surface area contributed by atoms with Gasteiger partial charge in [0.2, 0.25) is 5.91 Å². The summed E-state index contributed by atoms with van der Waals surface area (Å²) in [5, 5.41) is 3.05. The van der Waals surface area contributed by atoms with E-state index in [4.69, 9.17) is 0 Å². The number of carbonyl (C=O) groups is 1. The van der Waals surface area contributed by atoms with E-state index in [0.717, 1.165) is 24.9 Å². The molecule has 3 heterocycles. The highest BCUT2D eigenvalue weighted by Gasteiger charge is 2.28. The van der Waals surface area contributed by atoms with Crippen LogP contribution in [0, 0.1) is 12.8 Å². The smallest absolute Gasteiger partial charge is 0.295 e. The molecule has 2 aromatic heterocycles. The van der Waals surface area contributed by atoms with Crippen molar-refractivity contribution in [2.45, 2.75) is 39.8 Å². The van der Waals surface area contributed by atoms with E-state index < -0.39 is 0 Å². The van der Waals surface area contributed by atoms with Gasteiger partial charge in [-0.2, -0.15) is 0 Å². The third-order valence-electron chi connectivity index (χ3n) is 5.68. The molecular weight excluding hydrogens is 378 g/mol. The van der Waals surface area contributed by atoms with Gasteiger partial charge in [0.25, 0.3) is 5.56 Å². The van der Waals surface area contributed by atoms with E-state index in [9.17, 15) is 9.59 Å². The number of rotatable bonds is 5. The van der Waals surface area contributed by atoms with E-state index in [1.807, 2.05) is 55.1 Å². The van der Waals surface area contributed by atoms with Crippen LogP contribution in [0.15, 0.2) is 47.4 Å². The number of nitrogens with zero attached hydrogens (tertiary/aromatic N) is 4. The van der Waals surface area contributed by atoms with Crippen molar-refractivity contribution in [2.75, 3.05) is 18.0 Å². The lowest BCUT2D eigenvalue weighted by Gasteiger charge is -2.32. The molecule has 0 saturated carbocycles. The first kappa shape index (κ1) is 20.1. The van der Waals surface area contributed by atoms with E-state index in [2.05, 4.69) is 15.3 Å². The van der Waals surface area contributed by atoms with Crippen molar-refractivity contribution in [3.63, 3.8) is 0 Å². The van der Waals surface area contributed by atoms with Gasteiger partial charge in [0.15, 0.2) is 11.5 Å². The number of aromatic nitrogens is 3. The van der Waals surface area contributed by atoms with Gasteiger partial charge in [-0.15, -0.1) is 0 Å². The Morgan fingerprint density at radius 1 is 1.23 bits per heavy atom. The summed E-state index contributed by atoms with van der Waals surface area (Å²) < 4.78 is 1.65. The minimum absolute atomic E-state index is 0.0264. The van der Waals surface area contributed by atoms with E-state index in [1.54, 1.807) is 10.8 Å². The Morgan fingerprint density at radius 2 is 2.03 bits per heavy atom. The van der Waals surface area contributed by atoms with E-state index >= 15 is 0 Å². The first-order chi connectivity index (χ1) is 14.6. The summed E-state index contributed by atoms with van der Waals surface area (Å²) in [6, 6.07) is 11.8. The van der Waals surface area contributed by atoms with Crippen LogP contribution in [-0.4, -0.2) is 33.5 Å².